The second-order valence-electron chi connectivity index (χ2n) is 2.32. The van der Waals surface area contributed by atoms with Crippen molar-refractivity contribution < 1.29 is 18.1 Å². The topological polar surface area (TPSA) is 44.8 Å². The fourth-order valence-corrected chi connectivity index (χ4v) is 2.66. The fraction of sp³-hybridized carbons (Fsp3) is 0.857. The quantitative estimate of drug-likeness (QED) is 0.615. The third kappa shape index (κ3) is 7.29. The fourth-order valence-electron chi connectivity index (χ4n) is 0.886. The molecule has 0 N–H and O–H groups in total. The third-order valence-corrected chi connectivity index (χ3v) is 3.43. The first-order chi connectivity index (χ1) is 5.54. The van der Waals surface area contributed by atoms with Crippen molar-refractivity contribution in [3.8, 4) is 0 Å². The van der Waals surface area contributed by atoms with Gasteiger partial charge in [-0.1, -0.05) is 0 Å². The molecule has 13 heavy (non-hydrogen) atoms. The van der Waals surface area contributed by atoms with Crippen molar-refractivity contribution >= 4 is 33.6 Å². The van der Waals surface area contributed by atoms with E-state index in [4.69, 9.17) is 13.3 Å². The van der Waals surface area contributed by atoms with E-state index in [0.29, 0.717) is 13.2 Å². The molecule has 0 heterocycles. The van der Waals surface area contributed by atoms with Crippen LogP contribution in [0.5, 0.6) is 0 Å². The molecular formula is C7H16LiO4Si. The Morgan fingerprint density at radius 1 is 1.23 bits per heavy atom. The molecule has 0 fully saturated rings. The van der Waals surface area contributed by atoms with Crippen LogP contribution < -0.4 is 0 Å². The van der Waals surface area contributed by atoms with Gasteiger partial charge in [-0.3, -0.25) is 4.79 Å². The average Bonchev–Trinajstić information content (AvgIpc) is 1.85. The van der Waals surface area contributed by atoms with Crippen LogP contribution in [0.15, 0.2) is 0 Å². The third-order valence-electron chi connectivity index (χ3n) is 1.14. The van der Waals surface area contributed by atoms with Gasteiger partial charge in [-0.2, -0.15) is 0 Å². The molecule has 0 spiro atoms. The smallest absolute Gasteiger partial charge is 0.474 e. The van der Waals surface area contributed by atoms with E-state index in [-0.39, 0.29) is 24.8 Å². The number of hydrogen-bond acceptors (Lipinski definition) is 4. The summed E-state index contributed by atoms with van der Waals surface area (Å²) >= 11 is 0. The first kappa shape index (κ1) is 15.7. The zero-order chi connectivity index (χ0) is 9.61. The summed E-state index contributed by atoms with van der Waals surface area (Å²) in [6, 6.07) is 0. The molecule has 73 valence electrons. The van der Waals surface area contributed by atoms with Gasteiger partial charge in [0.15, 0.2) is 0 Å². The Kier molecular flexibility index (Phi) is 9.15. The summed E-state index contributed by atoms with van der Waals surface area (Å²) in [7, 11) is -2.66. The van der Waals surface area contributed by atoms with E-state index in [1.165, 1.54) is 6.92 Å². The van der Waals surface area contributed by atoms with E-state index >= 15 is 0 Å². The Morgan fingerprint density at radius 2 is 1.62 bits per heavy atom. The summed E-state index contributed by atoms with van der Waals surface area (Å²) in [5.74, 6) is -0.355. The Bertz CT molecular complexity index is 147. The molecule has 0 aliphatic rings. The van der Waals surface area contributed by atoms with Crippen LogP contribution in [-0.4, -0.2) is 46.8 Å². The van der Waals surface area contributed by atoms with Crippen molar-refractivity contribution in [1.82, 2.24) is 0 Å². The predicted octanol–water partition coefficient (Wildman–Crippen LogP) is 0.810. The normalized spacial score (nSPS) is 10.5. The Labute approximate surface area is 92.5 Å². The van der Waals surface area contributed by atoms with E-state index in [1.54, 1.807) is 6.55 Å². The molecule has 0 bridgehead atoms. The second-order valence-corrected chi connectivity index (χ2v) is 4.83. The van der Waals surface area contributed by atoms with Crippen molar-refractivity contribution in [2.45, 2.75) is 27.3 Å². The zero-order valence-electron chi connectivity index (χ0n) is 9.05. The molecule has 0 unspecified atom stereocenters. The molecule has 0 amide bonds. The predicted molar refractivity (Wildman–Crippen MR) is 52.4 cm³/mol. The maximum atomic E-state index is 10.7. The van der Waals surface area contributed by atoms with Gasteiger partial charge >= 0.3 is 8.80 Å². The summed E-state index contributed by atoms with van der Waals surface area (Å²) in [5, 5.41) is 0. The number of hydrogen-bond donors (Lipinski definition) is 0. The average molecular weight is 199 g/mol. The SMILES string of the molecule is CCO[Si](C)(OCC)OC(C)=O.[Li]. The van der Waals surface area contributed by atoms with Gasteiger partial charge in [0.2, 0.25) is 0 Å². The van der Waals surface area contributed by atoms with Crippen LogP contribution in [0.1, 0.15) is 20.8 Å². The first-order valence-electron chi connectivity index (χ1n) is 4.01. The first-order valence-corrected chi connectivity index (χ1v) is 6.24. The largest absolute Gasteiger partial charge is 0.564 e. The van der Waals surface area contributed by atoms with Gasteiger partial charge in [0.1, 0.15) is 0 Å². The Balaban J connectivity index is 0. The summed E-state index contributed by atoms with van der Waals surface area (Å²) in [6.45, 7) is 7.73. The monoisotopic (exact) mass is 199 g/mol. The molecule has 0 saturated heterocycles. The zero-order valence-corrected chi connectivity index (χ0v) is 10.0. The summed E-state index contributed by atoms with van der Waals surface area (Å²) < 4.78 is 15.5. The summed E-state index contributed by atoms with van der Waals surface area (Å²) in [4.78, 5) is 10.7. The summed E-state index contributed by atoms with van der Waals surface area (Å²) in [6.07, 6.45) is 0. The van der Waals surface area contributed by atoms with Gasteiger partial charge in [0.05, 0.1) is 0 Å². The molecule has 0 aromatic rings. The van der Waals surface area contributed by atoms with Gasteiger partial charge in [-0.25, -0.2) is 0 Å². The second kappa shape index (κ2) is 7.59. The molecular weight excluding hydrogens is 183 g/mol. The van der Waals surface area contributed by atoms with Crippen LogP contribution in [0, 0.1) is 0 Å². The van der Waals surface area contributed by atoms with E-state index in [9.17, 15) is 4.79 Å². The van der Waals surface area contributed by atoms with Crippen LogP contribution in [-0.2, 0) is 18.1 Å². The van der Waals surface area contributed by atoms with Crippen LogP contribution in [0.25, 0.3) is 0 Å². The van der Waals surface area contributed by atoms with Crippen molar-refractivity contribution in [3.05, 3.63) is 0 Å². The molecule has 0 aliphatic heterocycles. The van der Waals surface area contributed by atoms with Crippen LogP contribution in [0.4, 0.5) is 0 Å². The molecule has 6 heteroatoms. The molecule has 0 aromatic heterocycles. The molecule has 4 nitrogen and oxygen atoms in total. The van der Waals surface area contributed by atoms with Gasteiger partial charge in [-0.05, 0) is 13.8 Å². The van der Waals surface area contributed by atoms with Gasteiger partial charge in [-0.15, -0.1) is 0 Å². The van der Waals surface area contributed by atoms with E-state index in [1.807, 2.05) is 13.8 Å². The summed E-state index contributed by atoms with van der Waals surface area (Å²) in [5.41, 5.74) is 0. The maximum Gasteiger partial charge on any atom is 0.564 e. The number of carbonyl (C=O) groups excluding carboxylic acids is 1. The van der Waals surface area contributed by atoms with Gasteiger partial charge < -0.3 is 13.3 Å². The van der Waals surface area contributed by atoms with E-state index < -0.39 is 8.80 Å². The van der Waals surface area contributed by atoms with Crippen LogP contribution >= 0.6 is 0 Å². The minimum atomic E-state index is -2.66. The minimum Gasteiger partial charge on any atom is -0.474 e. The van der Waals surface area contributed by atoms with Gasteiger partial charge in [0, 0.05) is 45.5 Å². The van der Waals surface area contributed by atoms with Crippen molar-refractivity contribution in [1.29, 1.82) is 0 Å². The standard InChI is InChI=1S/C7H16O4Si.Li/c1-5-9-12(4,10-6-2)11-7(3)8;/h5-6H2,1-4H3;. The molecule has 0 rings (SSSR count). The van der Waals surface area contributed by atoms with Crippen molar-refractivity contribution in [2.24, 2.45) is 0 Å². The molecule has 0 atom stereocenters. The molecule has 1 radical (unpaired) electrons. The molecule has 0 aromatic carbocycles. The Hall–Kier alpha value is 0.204. The number of rotatable bonds is 5. The van der Waals surface area contributed by atoms with Crippen molar-refractivity contribution in [2.75, 3.05) is 13.2 Å². The number of carbonyl (C=O) groups is 1. The molecule has 0 saturated carbocycles. The molecule has 0 aliphatic carbocycles. The minimum absolute atomic E-state index is 0. The van der Waals surface area contributed by atoms with E-state index in [0.717, 1.165) is 0 Å². The Morgan fingerprint density at radius 3 is 1.85 bits per heavy atom. The van der Waals surface area contributed by atoms with Crippen LogP contribution in [0.3, 0.4) is 0 Å². The van der Waals surface area contributed by atoms with Crippen LogP contribution in [0.2, 0.25) is 6.55 Å². The maximum absolute atomic E-state index is 10.7. The van der Waals surface area contributed by atoms with E-state index in [2.05, 4.69) is 0 Å². The van der Waals surface area contributed by atoms with Gasteiger partial charge in [0.25, 0.3) is 5.97 Å². The van der Waals surface area contributed by atoms with Crippen molar-refractivity contribution in [3.63, 3.8) is 0 Å².